The Balaban J connectivity index is 1.82. The van der Waals surface area contributed by atoms with Gasteiger partial charge in [0.15, 0.2) is 11.4 Å². The number of nitrogens with zero attached hydrogens (tertiary/aromatic N) is 7. The summed E-state index contributed by atoms with van der Waals surface area (Å²) in [4.78, 5) is 33.1. The van der Waals surface area contributed by atoms with Crippen molar-refractivity contribution in [2.45, 2.75) is 0 Å². The number of phenols is 1. The molecule has 0 bridgehead atoms. The Bertz CT molecular complexity index is 1330. The van der Waals surface area contributed by atoms with Crippen molar-refractivity contribution in [3.05, 3.63) is 60.0 Å². The molecule has 12 heteroatoms. The molecule has 4 rings (SSSR count). The maximum Gasteiger partial charge on any atom is 0.273 e. The lowest BCUT2D eigenvalue weighted by atomic mass is 10.0. The number of aromatic hydroxyl groups is 1. The van der Waals surface area contributed by atoms with Gasteiger partial charge in [-0.2, -0.15) is 0 Å². The molecular formula is C19H15N9O3. The largest absolute Gasteiger partial charge is 0.505 e. The van der Waals surface area contributed by atoms with Gasteiger partial charge in [0.1, 0.15) is 5.69 Å². The van der Waals surface area contributed by atoms with E-state index in [2.05, 4.69) is 35.7 Å². The van der Waals surface area contributed by atoms with Gasteiger partial charge in [-0.3, -0.25) is 9.59 Å². The predicted octanol–water partition coefficient (Wildman–Crippen LogP) is 1.79. The van der Waals surface area contributed by atoms with E-state index < -0.39 is 11.8 Å². The molecule has 4 aromatic rings. The first-order chi connectivity index (χ1) is 15.0. The molecule has 2 aromatic heterocycles. The van der Waals surface area contributed by atoms with Crippen LogP contribution in [0.4, 0.5) is 11.5 Å². The number of azo groups is 1. The van der Waals surface area contributed by atoms with Gasteiger partial charge in [0.25, 0.3) is 17.8 Å². The molecule has 0 aliphatic carbocycles. The van der Waals surface area contributed by atoms with Crippen molar-refractivity contribution in [2.75, 3.05) is 7.05 Å². The summed E-state index contributed by atoms with van der Waals surface area (Å²) in [7, 11) is 1.45. The van der Waals surface area contributed by atoms with E-state index in [1.165, 1.54) is 19.4 Å². The summed E-state index contributed by atoms with van der Waals surface area (Å²) in [5.41, 5.74) is 5.15. The van der Waals surface area contributed by atoms with Crippen molar-refractivity contribution in [3.8, 4) is 11.7 Å². The number of rotatable bonds is 5. The van der Waals surface area contributed by atoms with E-state index in [9.17, 15) is 14.7 Å². The Morgan fingerprint density at radius 1 is 1.10 bits per heavy atom. The summed E-state index contributed by atoms with van der Waals surface area (Å²) in [6.45, 7) is 0. The average molecular weight is 417 g/mol. The van der Waals surface area contributed by atoms with Crippen LogP contribution < -0.4 is 11.1 Å². The maximum atomic E-state index is 12.3. The van der Waals surface area contributed by atoms with Gasteiger partial charge in [-0.25, -0.2) is 9.97 Å². The summed E-state index contributed by atoms with van der Waals surface area (Å²) in [5.74, 6) is -1.85. The molecule has 2 aromatic carbocycles. The lowest BCUT2D eigenvalue weighted by molar-refractivity contribution is 0.0960. The summed E-state index contributed by atoms with van der Waals surface area (Å²) in [5, 5.41) is 30.2. The van der Waals surface area contributed by atoms with Crippen molar-refractivity contribution in [3.63, 3.8) is 0 Å². The maximum absolute atomic E-state index is 12.3. The molecule has 4 N–H and O–H groups in total. The summed E-state index contributed by atoms with van der Waals surface area (Å²) in [6, 6.07) is 10.2. The molecule has 0 saturated carbocycles. The second kappa shape index (κ2) is 7.94. The number of amides is 2. The SMILES string of the molecule is CNC(=O)c1c(O)c(N=Nc2nn(-c3ncccn3)nc2C(N)=O)cc2ccccc12. The third-order valence-electron chi connectivity index (χ3n) is 4.27. The highest BCUT2D eigenvalue weighted by Gasteiger charge is 2.20. The van der Waals surface area contributed by atoms with Crippen LogP contribution in [0, 0.1) is 0 Å². The monoisotopic (exact) mass is 417 g/mol. The standard InChI is InChI=1S/C19H15N9O3/c1-21-18(31)13-11-6-3-2-5-10(11)9-12(15(13)29)24-25-17-14(16(20)30)26-28(27-17)19-22-7-4-8-23-19/h2-9,29H,1H3,(H2,20,30)(H,21,31). The lowest BCUT2D eigenvalue weighted by Gasteiger charge is -2.09. The van der Waals surface area contributed by atoms with E-state index in [-0.39, 0.29) is 34.5 Å². The number of primary amides is 1. The second-order valence-corrected chi connectivity index (χ2v) is 6.19. The van der Waals surface area contributed by atoms with Crippen LogP contribution in [0.15, 0.2) is 59.0 Å². The van der Waals surface area contributed by atoms with Crippen molar-refractivity contribution >= 4 is 34.1 Å². The molecule has 0 aliphatic rings. The fraction of sp³-hybridized carbons (Fsp3) is 0.0526. The third kappa shape index (κ3) is 3.64. The van der Waals surface area contributed by atoms with Crippen LogP contribution in [0.3, 0.4) is 0 Å². The Kier molecular flexibility index (Phi) is 5.02. The van der Waals surface area contributed by atoms with Gasteiger partial charge in [0, 0.05) is 19.4 Å². The van der Waals surface area contributed by atoms with Crippen LogP contribution in [0.5, 0.6) is 5.75 Å². The van der Waals surface area contributed by atoms with Crippen molar-refractivity contribution in [2.24, 2.45) is 16.0 Å². The van der Waals surface area contributed by atoms with E-state index in [0.29, 0.717) is 10.8 Å². The van der Waals surface area contributed by atoms with Crippen LogP contribution in [-0.2, 0) is 0 Å². The number of aromatic nitrogens is 5. The number of nitrogens with one attached hydrogen (secondary N) is 1. The number of nitrogens with two attached hydrogens (primary N) is 1. The van der Waals surface area contributed by atoms with Gasteiger partial charge >= 0.3 is 0 Å². The van der Waals surface area contributed by atoms with Gasteiger partial charge in [-0.1, -0.05) is 24.3 Å². The van der Waals surface area contributed by atoms with Crippen LogP contribution >= 0.6 is 0 Å². The topological polar surface area (TPSA) is 174 Å². The van der Waals surface area contributed by atoms with E-state index in [1.54, 1.807) is 36.4 Å². The van der Waals surface area contributed by atoms with E-state index in [4.69, 9.17) is 5.73 Å². The molecule has 2 amide bonds. The Morgan fingerprint density at radius 2 is 1.84 bits per heavy atom. The van der Waals surface area contributed by atoms with E-state index in [1.807, 2.05) is 0 Å². The van der Waals surface area contributed by atoms with Gasteiger partial charge in [-0.15, -0.1) is 25.2 Å². The number of hydrogen-bond donors (Lipinski definition) is 3. The van der Waals surface area contributed by atoms with Crippen molar-refractivity contribution in [1.82, 2.24) is 30.3 Å². The lowest BCUT2D eigenvalue weighted by Crippen LogP contribution is -2.18. The molecule has 0 fully saturated rings. The average Bonchev–Trinajstić information content (AvgIpc) is 3.22. The van der Waals surface area contributed by atoms with Crippen molar-refractivity contribution in [1.29, 1.82) is 0 Å². The van der Waals surface area contributed by atoms with E-state index >= 15 is 0 Å². The first-order valence-electron chi connectivity index (χ1n) is 8.92. The number of carbonyl (C=O) groups excluding carboxylic acids is 2. The number of hydrogen-bond acceptors (Lipinski definition) is 9. The van der Waals surface area contributed by atoms with E-state index in [0.717, 1.165) is 4.80 Å². The van der Waals surface area contributed by atoms with Gasteiger partial charge < -0.3 is 16.2 Å². The fourth-order valence-electron chi connectivity index (χ4n) is 2.86. The van der Waals surface area contributed by atoms with Crippen LogP contribution in [0.2, 0.25) is 0 Å². The highest BCUT2D eigenvalue weighted by atomic mass is 16.3. The molecule has 0 spiro atoms. The van der Waals surface area contributed by atoms with Crippen molar-refractivity contribution < 1.29 is 14.7 Å². The minimum absolute atomic E-state index is 0.00164. The Morgan fingerprint density at radius 3 is 2.55 bits per heavy atom. The van der Waals surface area contributed by atoms with Crippen LogP contribution in [-0.4, -0.2) is 48.9 Å². The Labute approximate surface area is 174 Å². The number of carbonyl (C=O) groups is 2. The first-order valence-corrected chi connectivity index (χ1v) is 8.92. The van der Waals surface area contributed by atoms with Gasteiger partial charge in [0.2, 0.25) is 5.82 Å². The number of fused-ring (bicyclic) bond motifs is 1. The molecule has 0 atom stereocenters. The predicted molar refractivity (Wildman–Crippen MR) is 109 cm³/mol. The summed E-state index contributed by atoms with van der Waals surface area (Å²) in [6.07, 6.45) is 2.95. The zero-order valence-corrected chi connectivity index (χ0v) is 16.1. The Hall–Kier alpha value is -4.74. The third-order valence-corrected chi connectivity index (χ3v) is 4.27. The molecule has 0 aliphatic heterocycles. The molecule has 31 heavy (non-hydrogen) atoms. The molecule has 154 valence electrons. The normalized spacial score (nSPS) is 11.1. The molecule has 2 heterocycles. The molecule has 12 nitrogen and oxygen atoms in total. The highest BCUT2D eigenvalue weighted by Crippen LogP contribution is 2.37. The summed E-state index contributed by atoms with van der Waals surface area (Å²) >= 11 is 0. The summed E-state index contributed by atoms with van der Waals surface area (Å²) < 4.78 is 0. The molecule has 0 saturated heterocycles. The van der Waals surface area contributed by atoms with Crippen LogP contribution in [0.25, 0.3) is 16.7 Å². The zero-order valence-electron chi connectivity index (χ0n) is 16.1. The number of benzene rings is 2. The zero-order chi connectivity index (χ0) is 22.0. The van der Waals surface area contributed by atoms with Gasteiger partial charge in [-0.05, 0) is 22.9 Å². The molecule has 0 unspecified atom stereocenters. The quantitative estimate of drug-likeness (QED) is 0.415. The second-order valence-electron chi connectivity index (χ2n) is 6.19. The smallest absolute Gasteiger partial charge is 0.273 e. The highest BCUT2D eigenvalue weighted by molar-refractivity contribution is 6.11. The first kappa shape index (κ1) is 19.6. The number of phenolic OH excluding ortho intramolecular Hbond substituents is 1. The van der Waals surface area contributed by atoms with Gasteiger partial charge in [0.05, 0.1) is 5.56 Å². The minimum atomic E-state index is -0.884. The molecule has 0 radical (unpaired) electrons. The fourth-order valence-corrected chi connectivity index (χ4v) is 2.86. The molecular weight excluding hydrogens is 402 g/mol. The minimum Gasteiger partial charge on any atom is -0.505 e. The van der Waals surface area contributed by atoms with Crippen LogP contribution in [0.1, 0.15) is 20.8 Å².